The van der Waals surface area contributed by atoms with E-state index >= 15 is 0 Å². The van der Waals surface area contributed by atoms with Crippen LogP contribution in [-0.4, -0.2) is 15.9 Å². The van der Waals surface area contributed by atoms with Gasteiger partial charge in [-0.15, -0.1) is 11.3 Å². The molecule has 0 fully saturated rings. The van der Waals surface area contributed by atoms with Crippen LogP contribution in [0.15, 0.2) is 22.2 Å². The number of thiazole rings is 1. The first-order valence-corrected chi connectivity index (χ1v) is 6.65. The number of halogens is 2. The SMILES string of the molecule is Cc1ncsc1C(=O)Nc1cc(Br)cnc1Cl. The number of carbonyl (C=O) groups excluding carboxylic acids is 1. The maximum absolute atomic E-state index is 11.9. The fourth-order valence-corrected chi connectivity index (χ4v) is 2.39. The molecular weight excluding hydrogens is 326 g/mol. The molecule has 1 N–H and O–H groups in total. The first-order valence-electron chi connectivity index (χ1n) is 4.60. The highest BCUT2D eigenvalue weighted by Crippen LogP contribution is 2.24. The van der Waals surface area contributed by atoms with E-state index in [1.165, 1.54) is 11.3 Å². The number of anilines is 1. The average Bonchev–Trinajstić information content (AvgIpc) is 2.70. The number of hydrogen-bond acceptors (Lipinski definition) is 4. The quantitative estimate of drug-likeness (QED) is 0.856. The molecule has 2 heterocycles. The van der Waals surface area contributed by atoms with Crippen molar-refractivity contribution in [3.63, 3.8) is 0 Å². The fourth-order valence-electron chi connectivity index (χ4n) is 1.21. The molecule has 2 aromatic heterocycles. The minimum absolute atomic E-state index is 0.230. The van der Waals surface area contributed by atoms with Crippen LogP contribution in [0, 0.1) is 6.92 Å². The molecule has 0 radical (unpaired) electrons. The van der Waals surface area contributed by atoms with E-state index in [-0.39, 0.29) is 11.1 Å². The van der Waals surface area contributed by atoms with E-state index < -0.39 is 0 Å². The first-order chi connectivity index (χ1) is 8.08. The van der Waals surface area contributed by atoms with Crippen molar-refractivity contribution in [1.82, 2.24) is 9.97 Å². The Morgan fingerprint density at radius 3 is 2.94 bits per heavy atom. The van der Waals surface area contributed by atoms with Crippen LogP contribution in [0.5, 0.6) is 0 Å². The molecule has 7 heteroatoms. The Labute approximate surface area is 115 Å². The lowest BCUT2D eigenvalue weighted by Gasteiger charge is -2.05. The van der Waals surface area contributed by atoms with Crippen molar-refractivity contribution in [2.45, 2.75) is 6.92 Å². The molecule has 0 aromatic carbocycles. The zero-order valence-corrected chi connectivity index (χ0v) is 11.9. The van der Waals surface area contributed by atoms with E-state index in [4.69, 9.17) is 11.6 Å². The molecule has 0 spiro atoms. The van der Waals surface area contributed by atoms with Crippen molar-refractivity contribution in [3.8, 4) is 0 Å². The van der Waals surface area contributed by atoms with Crippen LogP contribution in [-0.2, 0) is 0 Å². The van der Waals surface area contributed by atoms with Gasteiger partial charge in [0.15, 0.2) is 5.15 Å². The molecule has 0 unspecified atom stereocenters. The second-order valence-electron chi connectivity index (χ2n) is 3.21. The second kappa shape index (κ2) is 5.12. The van der Waals surface area contributed by atoms with Crippen LogP contribution in [0.25, 0.3) is 0 Å². The summed E-state index contributed by atoms with van der Waals surface area (Å²) in [7, 11) is 0. The number of aromatic nitrogens is 2. The van der Waals surface area contributed by atoms with E-state index in [0.717, 1.165) is 4.47 Å². The molecule has 2 aromatic rings. The Bertz CT molecular complexity index is 572. The molecule has 0 aliphatic heterocycles. The van der Waals surface area contributed by atoms with Crippen LogP contribution in [0.1, 0.15) is 15.4 Å². The predicted octanol–water partition coefficient (Wildman–Crippen LogP) is 3.51. The summed E-state index contributed by atoms with van der Waals surface area (Å²) < 4.78 is 0.748. The van der Waals surface area contributed by atoms with Crippen molar-refractivity contribution in [2.24, 2.45) is 0 Å². The van der Waals surface area contributed by atoms with Crippen molar-refractivity contribution in [1.29, 1.82) is 0 Å². The van der Waals surface area contributed by atoms with Gasteiger partial charge in [0.1, 0.15) is 4.88 Å². The van der Waals surface area contributed by atoms with Gasteiger partial charge in [-0.2, -0.15) is 0 Å². The highest BCUT2D eigenvalue weighted by atomic mass is 79.9. The molecule has 88 valence electrons. The monoisotopic (exact) mass is 331 g/mol. The first kappa shape index (κ1) is 12.5. The molecule has 4 nitrogen and oxygen atoms in total. The summed E-state index contributed by atoms with van der Waals surface area (Å²) in [6, 6.07) is 1.70. The number of nitrogens with one attached hydrogen (secondary N) is 1. The Hall–Kier alpha value is -0.980. The minimum Gasteiger partial charge on any atom is -0.319 e. The lowest BCUT2D eigenvalue weighted by atomic mass is 10.3. The summed E-state index contributed by atoms with van der Waals surface area (Å²) in [6.45, 7) is 1.78. The second-order valence-corrected chi connectivity index (χ2v) is 5.34. The maximum Gasteiger partial charge on any atom is 0.267 e. The summed E-state index contributed by atoms with van der Waals surface area (Å²) in [4.78, 5) is 20.4. The van der Waals surface area contributed by atoms with Gasteiger partial charge in [-0.1, -0.05) is 11.6 Å². The molecule has 0 saturated carbocycles. The van der Waals surface area contributed by atoms with E-state index in [0.29, 0.717) is 16.3 Å². The van der Waals surface area contributed by atoms with E-state index in [2.05, 4.69) is 31.2 Å². The number of carbonyl (C=O) groups is 1. The Balaban J connectivity index is 2.24. The highest BCUT2D eigenvalue weighted by molar-refractivity contribution is 9.10. The topological polar surface area (TPSA) is 54.9 Å². The molecule has 0 bridgehead atoms. The third-order valence-electron chi connectivity index (χ3n) is 2.01. The van der Waals surface area contributed by atoms with Gasteiger partial charge in [-0.25, -0.2) is 9.97 Å². The van der Waals surface area contributed by atoms with Crippen molar-refractivity contribution >= 4 is 50.5 Å². The smallest absolute Gasteiger partial charge is 0.267 e. The molecular formula is C10H7BrClN3OS. The van der Waals surface area contributed by atoms with Crippen LogP contribution in [0.3, 0.4) is 0 Å². The molecule has 0 atom stereocenters. The van der Waals surface area contributed by atoms with Crippen molar-refractivity contribution in [2.75, 3.05) is 5.32 Å². The highest BCUT2D eigenvalue weighted by Gasteiger charge is 2.13. The fraction of sp³-hybridized carbons (Fsp3) is 0.100. The zero-order valence-electron chi connectivity index (χ0n) is 8.70. The summed E-state index contributed by atoms with van der Waals surface area (Å²) in [5.41, 5.74) is 2.80. The normalized spacial score (nSPS) is 10.3. The predicted molar refractivity (Wildman–Crippen MR) is 71.8 cm³/mol. The molecule has 1 amide bonds. The largest absolute Gasteiger partial charge is 0.319 e. The van der Waals surface area contributed by atoms with E-state index in [1.54, 1.807) is 24.7 Å². The number of nitrogens with zero attached hydrogens (tertiary/aromatic N) is 2. The number of amides is 1. The standard InChI is InChI=1S/C10H7BrClN3OS/c1-5-8(17-4-14-5)10(16)15-7-2-6(11)3-13-9(7)12/h2-4H,1H3,(H,15,16). The lowest BCUT2D eigenvalue weighted by Crippen LogP contribution is -2.12. The van der Waals surface area contributed by atoms with Gasteiger partial charge in [0.2, 0.25) is 0 Å². The summed E-state index contributed by atoms with van der Waals surface area (Å²) in [6.07, 6.45) is 1.57. The number of pyridine rings is 1. The van der Waals surface area contributed by atoms with E-state index in [9.17, 15) is 4.79 Å². The van der Waals surface area contributed by atoms with Gasteiger partial charge in [-0.05, 0) is 28.9 Å². The Morgan fingerprint density at radius 2 is 2.29 bits per heavy atom. The summed E-state index contributed by atoms with van der Waals surface area (Å²) >= 11 is 10.4. The number of aryl methyl sites for hydroxylation is 1. The van der Waals surface area contributed by atoms with Crippen molar-refractivity contribution < 1.29 is 4.79 Å². The molecule has 0 aliphatic carbocycles. The van der Waals surface area contributed by atoms with Gasteiger partial charge in [-0.3, -0.25) is 4.79 Å². The lowest BCUT2D eigenvalue weighted by molar-refractivity contribution is 0.103. The maximum atomic E-state index is 11.9. The zero-order chi connectivity index (χ0) is 12.4. The number of rotatable bonds is 2. The van der Waals surface area contributed by atoms with Crippen LogP contribution in [0.2, 0.25) is 5.15 Å². The number of hydrogen-bond donors (Lipinski definition) is 1. The van der Waals surface area contributed by atoms with Crippen molar-refractivity contribution in [3.05, 3.63) is 38.0 Å². The van der Waals surface area contributed by atoms with Gasteiger partial charge in [0.25, 0.3) is 5.91 Å². The molecule has 2 rings (SSSR count). The third kappa shape index (κ3) is 2.83. The molecule has 17 heavy (non-hydrogen) atoms. The van der Waals surface area contributed by atoms with Gasteiger partial charge >= 0.3 is 0 Å². The van der Waals surface area contributed by atoms with Gasteiger partial charge < -0.3 is 5.32 Å². The van der Waals surface area contributed by atoms with Gasteiger partial charge in [0.05, 0.1) is 16.9 Å². The summed E-state index contributed by atoms with van der Waals surface area (Å²) in [5.74, 6) is -0.230. The third-order valence-corrected chi connectivity index (χ3v) is 3.67. The average molecular weight is 333 g/mol. The van der Waals surface area contributed by atoms with Gasteiger partial charge in [0, 0.05) is 10.7 Å². The van der Waals surface area contributed by atoms with E-state index in [1.807, 2.05) is 0 Å². The molecule has 0 saturated heterocycles. The Morgan fingerprint density at radius 1 is 1.53 bits per heavy atom. The summed E-state index contributed by atoms with van der Waals surface area (Å²) in [5, 5.41) is 2.95. The van der Waals surface area contributed by atoms with Crippen LogP contribution < -0.4 is 5.32 Å². The van der Waals surface area contributed by atoms with Crippen LogP contribution >= 0.6 is 38.9 Å². The Kier molecular flexibility index (Phi) is 3.76. The minimum atomic E-state index is -0.230. The molecule has 0 aliphatic rings. The van der Waals surface area contributed by atoms with Crippen LogP contribution in [0.4, 0.5) is 5.69 Å².